The first kappa shape index (κ1) is 105. The van der Waals surface area contributed by atoms with Crippen molar-refractivity contribution in [1.29, 1.82) is 0 Å². The molecule has 0 radical (unpaired) electrons. The Bertz CT molecular complexity index is 6310. The van der Waals surface area contributed by atoms with Crippen LogP contribution in [0.3, 0.4) is 0 Å². The van der Waals surface area contributed by atoms with Crippen molar-refractivity contribution in [2.45, 2.75) is 199 Å². The van der Waals surface area contributed by atoms with Crippen LogP contribution in [0.5, 0.6) is 0 Å². The summed E-state index contributed by atoms with van der Waals surface area (Å²) in [6.07, 6.45) is 7.36. The van der Waals surface area contributed by atoms with E-state index >= 15 is 0 Å². The van der Waals surface area contributed by atoms with E-state index in [4.69, 9.17) is 0 Å². The Morgan fingerprint density at radius 2 is 0.504 bits per heavy atom. The van der Waals surface area contributed by atoms with Crippen LogP contribution < -0.4 is 0 Å². The molecule has 10 aromatic rings. The molecule has 5 aliphatic rings. The zero-order valence-electron chi connectivity index (χ0n) is 74.8. The molecule has 0 heterocycles. The highest BCUT2D eigenvalue weighted by molar-refractivity contribution is 5.54. The predicted octanol–water partition coefficient (Wildman–Crippen LogP) is 31.6. The molecule has 0 spiro atoms. The van der Waals surface area contributed by atoms with Crippen LogP contribution in [-0.2, 0) is 95.1 Å². The van der Waals surface area contributed by atoms with E-state index in [1.54, 1.807) is 6.07 Å². The summed E-state index contributed by atoms with van der Waals surface area (Å²) in [6, 6.07) is 35.0. The summed E-state index contributed by atoms with van der Waals surface area (Å²) < 4.78 is 326. The number of fused-ring (bicyclic) bond motifs is 5. The summed E-state index contributed by atoms with van der Waals surface area (Å²) in [7, 11) is 0. The van der Waals surface area contributed by atoms with Crippen molar-refractivity contribution >= 4 is 0 Å². The lowest BCUT2D eigenvalue weighted by molar-refractivity contribution is -0.143. The van der Waals surface area contributed by atoms with Gasteiger partial charge in [-0.25, -0.2) is 43.9 Å². The molecule has 10 aromatic carbocycles. The molecule has 0 fully saturated rings. The molecule has 0 saturated heterocycles. The van der Waals surface area contributed by atoms with Crippen molar-refractivity contribution in [1.82, 2.24) is 0 Å². The van der Waals surface area contributed by atoms with E-state index in [-0.39, 0.29) is 27.8 Å². The smallest absolute Gasteiger partial charge is 0.206 e. The van der Waals surface area contributed by atoms with Crippen LogP contribution in [0.1, 0.15) is 243 Å². The Kier molecular flexibility index (Phi) is 35.7. The van der Waals surface area contributed by atoms with Crippen molar-refractivity contribution in [2.75, 3.05) is 0 Å². The second-order valence-corrected chi connectivity index (χ2v) is 34.5. The van der Waals surface area contributed by atoms with Gasteiger partial charge in [-0.1, -0.05) is 166 Å². The quantitative estimate of drug-likeness (QED) is 0.0524. The summed E-state index contributed by atoms with van der Waals surface area (Å²) in [6.45, 7) is 14.0. The van der Waals surface area contributed by atoms with Crippen LogP contribution in [0.15, 0.2) is 189 Å². The molecule has 0 bridgehead atoms. The summed E-state index contributed by atoms with van der Waals surface area (Å²) >= 11 is 0. The molecular formula is C112H93F25. The Morgan fingerprint density at radius 1 is 0.270 bits per heavy atom. The maximum absolute atomic E-state index is 13.7. The van der Waals surface area contributed by atoms with Gasteiger partial charge in [-0.3, -0.25) is 0 Å². The Hall–Kier alpha value is -12.5. The van der Waals surface area contributed by atoms with Crippen LogP contribution in [-0.4, -0.2) is 0 Å². The second-order valence-electron chi connectivity index (χ2n) is 34.5. The number of allylic oxidation sites excluding steroid dienone is 4. The molecule has 0 saturated carbocycles. The lowest BCUT2D eigenvalue weighted by atomic mass is 9.81. The lowest BCUT2D eigenvalue weighted by Crippen LogP contribution is -2.14. The first-order valence-corrected chi connectivity index (χ1v) is 44.7. The highest BCUT2D eigenvalue weighted by Crippen LogP contribution is 2.42. The SMILES string of the molecule is C/C=C/C1CCc2cc(C#Cc3cc(F)c(C(F)(F)F)c(F)c3)ccc2C1.C=CC1CCc2cc(C#Cc3cc(F)c(C(F)(F)F)c(F)c3)ccc2C1.C=CCCC1CCc2cc(C#Cc3cc(F)c(C(F)(F)F)c(F)c3)ccc2C1.CCCC1CCc2cc(C#Cc3cc(F)c(C(F)(F)F)c(F)c3)ccc2C1.CCCCCC1CCc2cc(C#Cc3cc(F)c(C(F)(F)F)c(F)c3)ccc2C1. The third kappa shape index (κ3) is 29.3. The number of halogens is 25. The molecule has 137 heavy (non-hydrogen) atoms. The van der Waals surface area contributed by atoms with Gasteiger partial charge >= 0.3 is 30.9 Å². The van der Waals surface area contributed by atoms with E-state index in [1.807, 2.05) is 104 Å². The fourth-order valence-electron chi connectivity index (χ4n) is 17.6. The van der Waals surface area contributed by atoms with E-state index in [0.717, 1.165) is 109 Å². The number of hydrogen-bond donors (Lipinski definition) is 0. The van der Waals surface area contributed by atoms with Gasteiger partial charge in [0.1, 0.15) is 86.0 Å². The number of benzene rings is 10. The zero-order chi connectivity index (χ0) is 99.4. The van der Waals surface area contributed by atoms with Gasteiger partial charge in [-0.2, -0.15) is 65.9 Å². The van der Waals surface area contributed by atoms with Gasteiger partial charge in [-0.05, 0) is 323 Å². The largest absolute Gasteiger partial charge is 0.422 e. The summed E-state index contributed by atoms with van der Waals surface area (Å²) in [5.41, 5.74) is 5.63. The summed E-state index contributed by atoms with van der Waals surface area (Å²) in [5.74, 6) is 13.2. The maximum atomic E-state index is 13.7. The molecule has 0 amide bonds. The highest BCUT2D eigenvalue weighted by atomic mass is 19.4. The molecule has 25 heteroatoms. The van der Waals surface area contributed by atoms with E-state index < -0.39 is 117 Å². The number of alkyl halides is 15. The summed E-state index contributed by atoms with van der Waals surface area (Å²) in [5, 5.41) is 0. The minimum atomic E-state index is -5.08. The van der Waals surface area contributed by atoms with Crippen LogP contribution >= 0.6 is 0 Å². The van der Waals surface area contributed by atoms with Crippen molar-refractivity contribution in [3.63, 3.8) is 0 Å². The average Bonchev–Trinajstić information content (AvgIpc) is 0.805. The Labute approximate surface area is 780 Å². The van der Waals surface area contributed by atoms with Gasteiger partial charge in [0.2, 0.25) is 0 Å². The number of aryl methyl sites for hydroxylation is 5. The predicted molar refractivity (Wildman–Crippen MR) is 480 cm³/mol. The third-order valence-corrected chi connectivity index (χ3v) is 24.4. The first-order valence-electron chi connectivity index (χ1n) is 44.7. The normalized spacial score (nSPS) is 16.4. The van der Waals surface area contributed by atoms with Crippen molar-refractivity contribution in [3.05, 3.63) is 386 Å². The third-order valence-electron chi connectivity index (χ3n) is 24.4. The molecule has 5 unspecified atom stereocenters. The molecule has 0 N–H and O–H groups in total. The minimum Gasteiger partial charge on any atom is -0.206 e. The second kappa shape index (κ2) is 46.5. The molecule has 0 nitrogen and oxygen atoms in total. The van der Waals surface area contributed by atoms with Crippen molar-refractivity contribution in [2.24, 2.45) is 29.6 Å². The Balaban J connectivity index is 0.000000164. The number of rotatable bonds is 11. The molecule has 716 valence electrons. The zero-order valence-corrected chi connectivity index (χ0v) is 74.8. The van der Waals surface area contributed by atoms with Crippen LogP contribution in [0.2, 0.25) is 0 Å². The highest BCUT2D eigenvalue weighted by Gasteiger charge is 2.43. The average molecular weight is 1910 g/mol. The minimum absolute atomic E-state index is 0.123. The van der Waals surface area contributed by atoms with E-state index in [2.05, 4.69) is 98.4 Å². The molecule has 5 atom stereocenters. The van der Waals surface area contributed by atoms with Crippen molar-refractivity contribution < 1.29 is 110 Å². The van der Waals surface area contributed by atoms with Crippen LogP contribution in [0.4, 0.5) is 110 Å². The number of unbranched alkanes of at least 4 members (excludes halogenated alkanes) is 2. The Morgan fingerprint density at radius 3 is 0.745 bits per heavy atom. The molecule has 0 aliphatic heterocycles. The van der Waals surface area contributed by atoms with Crippen LogP contribution in [0.25, 0.3) is 0 Å². The maximum Gasteiger partial charge on any atom is 0.422 e. The van der Waals surface area contributed by atoms with Gasteiger partial charge in [0, 0.05) is 55.6 Å². The first-order chi connectivity index (χ1) is 64.9. The van der Waals surface area contributed by atoms with Crippen LogP contribution in [0, 0.1) is 147 Å². The van der Waals surface area contributed by atoms with E-state index in [0.29, 0.717) is 118 Å². The summed E-state index contributed by atoms with van der Waals surface area (Å²) in [4.78, 5) is 0. The van der Waals surface area contributed by atoms with Gasteiger partial charge < -0.3 is 0 Å². The fraction of sp³-hybridized carbons (Fsp3) is 0.321. The van der Waals surface area contributed by atoms with Gasteiger partial charge in [0.05, 0.1) is 0 Å². The number of hydrogen-bond acceptors (Lipinski definition) is 0. The topological polar surface area (TPSA) is 0 Å². The fourth-order valence-corrected chi connectivity index (χ4v) is 17.6. The van der Waals surface area contributed by atoms with Gasteiger partial charge in [-0.15, -0.1) is 13.2 Å². The van der Waals surface area contributed by atoms with Crippen molar-refractivity contribution in [3.8, 4) is 59.2 Å². The molecule has 0 aromatic heterocycles. The molecule has 15 rings (SSSR count). The monoisotopic (exact) mass is 1910 g/mol. The van der Waals surface area contributed by atoms with E-state index in [9.17, 15) is 110 Å². The van der Waals surface area contributed by atoms with E-state index in [1.165, 1.54) is 94.2 Å². The van der Waals surface area contributed by atoms with Gasteiger partial charge in [0.25, 0.3) is 0 Å². The standard InChI is InChI=1S/C24H23F5.C23H19F5.C22H19F5.C22H17F5.C21H15F5/c1-2-3-4-5-16-8-10-20-13-17(9-11-19(20)12-16)6-7-18-14-21(25)23(22(26)15-18)24(27,28)29;1-2-3-4-15-7-9-19-12-16(8-10-18(19)11-15)5-6-17-13-20(24)22(21(25)14-17)23(26,27)28;2*1-2-3-14-6-8-18-11-15(7-9-17(18)10-14)4-5-16-12-19(23)21(20(24)13-16)22(25,26)27;1-2-13-5-7-17-10-14(6-8-16(17)9-13)3-4-15-11-18(22)20(19(23)12-15)21(24,25)26/h9,11,13-16H,2-5,8,10,12H2,1H3;2,8,10,12-15H,1,3-4,7,9,11H2;7,9,11-14H,2-3,6,8,10H2,1H3;2-3,7,9,11-14H,6,8,10H2,1H3;2,6,8,10-13H,1,5,7,9H2/b;;;3-2+;. The molecule has 5 aliphatic carbocycles. The lowest BCUT2D eigenvalue weighted by Gasteiger charge is -2.24. The van der Waals surface area contributed by atoms with Gasteiger partial charge in [0.15, 0.2) is 0 Å². The molecular weight excluding hydrogens is 1820 g/mol.